The molecule has 1 heterocycles. The van der Waals surface area contributed by atoms with Crippen LogP contribution in [0, 0.1) is 0 Å². The molecule has 16 heteroatoms. The van der Waals surface area contributed by atoms with Crippen LogP contribution in [0.4, 0.5) is 4.79 Å². The average molecular weight is 609 g/mol. The van der Waals surface area contributed by atoms with Gasteiger partial charge in [0.15, 0.2) is 12.2 Å². The van der Waals surface area contributed by atoms with Crippen LogP contribution in [0.2, 0.25) is 0 Å². The number of amides is 2. The molecule has 204 valence electrons. The third kappa shape index (κ3) is 8.98. The predicted octanol–water partition coefficient (Wildman–Crippen LogP) is 0.520. The summed E-state index contributed by atoms with van der Waals surface area (Å²) < 4.78 is 53.8. The Kier molecular flexibility index (Phi) is 10.4. The summed E-state index contributed by atoms with van der Waals surface area (Å²) in [6, 6.07) is 2.51. The van der Waals surface area contributed by atoms with E-state index >= 15 is 0 Å². The van der Waals surface area contributed by atoms with Crippen LogP contribution in [0.15, 0.2) is 33.6 Å². The number of carbonyl (C=O) groups excluding carboxylic acids is 5. The summed E-state index contributed by atoms with van der Waals surface area (Å²) in [5.41, 5.74) is 0. The molecule has 0 spiro atoms. The van der Waals surface area contributed by atoms with Gasteiger partial charge in [-0.3, -0.25) is 19.2 Å². The normalized spacial score (nSPS) is 23.2. The van der Waals surface area contributed by atoms with Gasteiger partial charge in [0, 0.05) is 32.2 Å². The van der Waals surface area contributed by atoms with E-state index in [1.807, 2.05) is 0 Å². The fourth-order valence-corrected chi connectivity index (χ4v) is 4.48. The number of hydrogen-bond acceptors (Lipinski definition) is 12. The Morgan fingerprint density at radius 3 is 1.92 bits per heavy atom. The summed E-state index contributed by atoms with van der Waals surface area (Å²) in [7, 11) is -4.35. The summed E-state index contributed by atoms with van der Waals surface area (Å²) in [5.74, 6) is -3.31. The minimum Gasteiger partial charge on any atom is -0.463 e. The molecule has 1 aliphatic rings. The molecule has 37 heavy (non-hydrogen) atoms. The Balaban J connectivity index is 2.40. The maximum Gasteiger partial charge on any atom is 0.329 e. The number of rotatable bonds is 8. The average Bonchev–Trinajstić information content (AvgIpc) is 2.75. The second-order valence-corrected chi connectivity index (χ2v) is 10.3. The van der Waals surface area contributed by atoms with Gasteiger partial charge in [0.2, 0.25) is 6.29 Å². The van der Waals surface area contributed by atoms with E-state index in [0.717, 1.165) is 27.7 Å². The Hall–Kier alpha value is -3.24. The van der Waals surface area contributed by atoms with Crippen LogP contribution in [0.5, 0.6) is 0 Å². The van der Waals surface area contributed by atoms with Crippen LogP contribution < -0.4 is 10.0 Å². The fourth-order valence-electron chi connectivity index (χ4n) is 3.30. The molecule has 14 nitrogen and oxygen atoms in total. The second kappa shape index (κ2) is 12.8. The first-order chi connectivity index (χ1) is 17.2. The number of sulfonamides is 1. The van der Waals surface area contributed by atoms with Gasteiger partial charge in [0.05, 0.1) is 4.90 Å². The third-order valence-corrected chi connectivity index (χ3v) is 6.51. The molecule has 0 saturated carbocycles. The van der Waals surface area contributed by atoms with E-state index in [2.05, 4.69) is 21.2 Å². The monoisotopic (exact) mass is 608 g/mol. The molecule has 1 aromatic carbocycles. The van der Waals surface area contributed by atoms with E-state index in [1.165, 1.54) is 24.3 Å². The first-order valence-corrected chi connectivity index (χ1v) is 12.9. The molecule has 5 atom stereocenters. The maximum absolute atomic E-state index is 12.7. The van der Waals surface area contributed by atoms with Gasteiger partial charge in [-0.2, -0.15) is 0 Å². The lowest BCUT2D eigenvalue weighted by molar-refractivity contribution is -0.270. The first-order valence-electron chi connectivity index (χ1n) is 10.6. The van der Waals surface area contributed by atoms with Gasteiger partial charge in [0.25, 0.3) is 10.0 Å². The summed E-state index contributed by atoms with van der Waals surface area (Å²) in [4.78, 5) is 59.2. The third-order valence-electron chi connectivity index (χ3n) is 4.63. The lowest BCUT2D eigenvalue weighted by Crippen LogP contribution is -2.67. The highest BCUT2D eigenvalue weighted by atomic mass is 79.9. The fraction of sp³-hybridized carbons (Fsp3) is 0.476. The van der Waals surface area contributed by atoms with Gasteiger partial charge in [-0.05, 0) is 24.3 Å². The zero-order valence-corrected chi connectivity index (χ0v) is 22.5. The number of halogens is 1. The Morgan fingerprint density at radius 1 is 0.865 bits per heavy atom. The van der Waals surface area contributed by atoms with Gasteiger partial charge < -0.3 is 29.0 Å². The van der Waals surface area contributed by atoms with Crippen molar-refractivity contribution in [2.45, 2.75) is 63.2 Å². The van der Waals surface area contributed by atoms with Crippen LogP contribution in [-0.2, 0) is 52.9 Å². The molecule has 1 fully saturated rings. The molecule has 0 aromatic heterocycles. The van der Waals surface area contributed by atoms with Gasteiger partial charge in [-0.1, -0.05) is 15.9 Å². The number of nitrogens with one attached hydrogen (secondary N) is 2. The van der Waals surface area contributed by atoms with E-state index in [-0.39, 0.29) is 4.90 Å². The molecular formula is C21H25BrN2O12S. The van der Waals surface area contributed by atoms with Crippen molar-refractivity contribution in [2.24, 2.45) is 0 Å². The molecule has 0 aliphatic carbocycles. The van der Waals surface area contributed by atoms with Gasteiger partial charge in [0.1, 0.15) is 18.8 Å². The van der Waals surface area contributed by atoms with Crippen molar-refractivity contribution in [1.29, 1.82) is 0 Å². The summed E-state index contributed by atoms with van der Waals surface area (Å²) in [5, 5.41) is 2.24. The van der Waals surface area contributed by atoms with E-state index in [4.69, 9.17) is 23.7 Å². The van der Waals surface area contributed by atoms with E-state index in [9.17, 15) is 32.4 Å². The Bertz CT molecular complexity index is 1140. The quantitative estimate of drug-likeness (QED) is 0.308. The molecule has 1 saturated heterocycles. The highest BCUT2D eigenvalue weighted by molar-refractivity contribution is 9.10. The number of esters is 4. The van der Waals surface area contributed by atoms with Crippen LogP contribution >= 0.6 is 15.9 Å². The highest BCUT2D eigenvalue weighted by Crippen LogP contribution is 2.28. The largest absolute Gasteiger partial charge is 0.463 e. The van der Waals surface area contributed by atoms with Crippen molar-refractivity contribution < 1.29 is 56.1 Å². The van der Waals surface area contributed by atoms with Crippen molar-refractivity contribution in [3.8, 4) is 0 Å². The summed E-state index contributed by atoms with van der Waals surface area (Å²) in [6.07, 6.45) is -5.98. The van der Waals surface area contributed by atoms with Crippen LogP contribution in [0.1, 0.15) is 27.7 Å². The lowest BCUT2D eigenvalue weighted by Gasteiger charge is -2.44. The molecule has 5 unspecified atom stereocenters. The van der Waals surface area contributed by atoms with Crippen molar-refractivity contribution in [2.75, 3.05) is 6.61 Å². The Labute approximate surface area is 220 Å². The highest BCUT2D eigenvalue weighted by Gasteiger charge is 2.52. The molecule has 0 bridgehead atoms. The standard InChI is InChI=1S/C21H25BrN2O12S/c1-10(25)32-9-16-18(33-11(2)26)19(34-12(3)27)17(20(36-16)35-13(4)28)23-21(29)24-37(30,31)15-7-5-14(22)6-8-15/h5-8,16-20H,9H2,1-4H3,(H2,23,24,29). The number of carbonyl (C=O) groups is 5. The molecule has 1 aromatic rings. The molecule has 2 rings (SSSR count). The van der Waals surface area contributed by atoms with Gasteiger partial charge in [-0.25, -0.2) is 17.9 Å². The first kappa shape index (κ1) is 30.0. The summed E-state index contributed by atoms with van der Waals surface area (Å²) in [6.45, 7) is 3.71. The number of urea groups is 1. The minimum atomic E-state index is -4.35. The van der Waals surface area contributed by atoms with Crippen LogP contribution in [-0.4, -0.2) is 75.6 Å². The SMILES string of the molecule is CC(=O)OCC1OC(OC(C)=O)C(NC(=O)NS(=O)(=O)c2ccc(Br)cc2)C(OC(C)=O)C1OC(C)=O. The molecule has 2 amide bonds. The van der Waals surface area contributed by atoms with Crippen molar-refractivity contribution in [3.05, 3.63) is 28.7 Å². The van der Waals surface area contributed by atoms with Crippen molar-refractivity contribution in [1.82, 2.24) is 10.0 Å². The van der Waals surface area contributed by atoms with E-state index in [1.54, 1.807) is 4.72 Å². The minimum absolute atomic E-state index is 0.238. The van der Waals surface area contributed by atoms with Crippen molar-refractivity contribution in [3.63, 3.8) is 0 Å². The zero-order chi connectivity index (χ0) is 27.9. The summed E-state index contributed by atoms with van der Waals surface area (Å²) >= 11 is 3.17. The lowest BCUT2D eigenvalue weighted by atomic mass is 9.96. The van der Waals surface area contributed by atoms with Crippen molar-refractivity contribution >= 4 is 55.9 Å². The smallest absolute Gasteiger partial charge is 0.329 e. The van der Waals surface area contributed by atoms with Crippen LogP contribution in [0.3, 0.4) is 0 Å². The topological polar surface area (TPSA) is 190 Å². The number of hydrogen-bond donors (Lipinski definition) is 2. The van der Waals surface area contributed by atoms with Crippen LogP contribution in [0.25, 0.3) is 0 Å². The van der Waals surface area contributed by atoms with E-state index in [0.29, 0.717) is 4.47 Å². The molecule has 1 aliphatic heterocycles. The Morgan fingerprint density at radius 2 is 1.41 bits per heavy atom. The predicted molar refractivity (Wildman–Crippen MR) is 125 cm³/mol. The molecule has 0 radical (unpaired) electrons. The molecule has 2 N–H and O–H groups in total. The number of ether oxygens (including phenoxy) is 5. The second-order valence-electron chi connectivity index (χ2n) is 7.66. The van der Waals surface area contributed by atoms with Gasteiger partial charge >= 0.3 is 29.9 Å². The van der Waals surface area contributed by atoms with Gasteiger partial charge in [-0.15, -0.1) is 0 Å². The maximum atomic E-state index is 12.7. The zero-order valence-electron chi connectivity index (χ0n) is 20.1. The van der Waals surface area contributed by atoms with E-state index < -0.39 is 77.2 Å². The molecular weight excluding hydrogens is 584 g/mol. The number of benzene rings is 1.